The van der Waals surface area contributed by atoms with Gasteiger partial charge in [-0.05, 0) is 13.8 Å². The molecule has 0 aromatic rings. The van der Waals surface area contributed by atoms with E-state index < -0.39 is 11.8 Å². The van der Waals surface area contributed by atoms with E-state index in [1.54, 1.807) is 20.8 Å². The van der Waals surface area contributed by atoms with Crippen molar-refractivity contribution in [3.05, 3.63) is 0 Å². The minimum Gasteiger partial charge on any atom is -0.379 e. The molecule has 6 nitrogen and oxygen atoms in total. The molecule has 3 N–H and O–H groups in total. The predicted molar refractivity (Wildman–Crippen MR) is 95.1 cm³/mol. The third-order valence-corrected chi connectivity index (χ3v) is 3.53. The fourth-order valence-electron chi connectivity index (χ4n) is 1.84. The molecule has 0 heterocycles. The Kier molecular flexibility index (Phi) is 13.1. The van der Waals surface area contributed by atoms with Crippen LogP contribution < -0.4 is 16.0 Å². The average Bonchev–Trinajstić information content (AvgIpc) is 2.53. The number of halogens is 1. The molecule has 1 unspecified atom stereocenters. The van der Waals surface area contributed by atoms with E-state index in [1.807, 2.05) is 0 Å². The fourth-order valence-corrected chi connectivity index (χ4v) is 1.84. The number of rotatable bonds is 15. The van der Waals surface area contributed by atoms with Gasteiger partial charge in [-0.15, -0.1) is 0 Å². The van der Waals surface area contributed by atoms with E-state index in [0.29, 0.717) is 38.8 Å². The molecule has 0 saturated carbocycles. The largest absolute Gasteiger partial charge is 0.379 e. The maximum absolute atomic E-state index is 14.1. The zero-order valence-corrected chi connectivity index (χ0v) is 15.9. The minimum atomic E-state index is -1.25. The zero-order valence-electron chi connectivity index (χ0n) is 15.9. The fraction of sp³-hybridized carbons (Fsp3) is 0.941. The van der Waals surface area contributed by atoms with Gasteiger partial charge in [0.25, 0.3) is 0 Å². The predicted octanol–water partition coefficient (Wildman–Crippen LogP) is 1.25. The van der Waals surface area contributed by atoms with Gasteiger partial charge < -0.3 is 25.4 Å². The monoisotopic (exact) mass is 349 g/mol. The maximum Gasteiger partial charge on any atom is 0.219 e. The molecule has 0 aromatic heterocycles. The highest BCUT2D eigenvalue weighted by atomic mass is 19.1. The molecule has 0 radical (unpaired) electrons. The van der Waals surface area contributed by atoms with Crippen molar-refractivity contribution >= 4 is 5.91 Å². The second-order valence-electron chi connectivity index (χ2n) is 6.55. The number of amides is 1. The highest BCUT2D eigenvalue weighted by molar-refractivity contribution is 5.75. The van der Waals surface area contributed by atoms with Crippen LogP contribution in [0.3, 0.4) is 0 Å². The van der Waals surface area contributed by atoms with Gasteiger partial charge in [-0.25, -0.2) is 4.39 Å². The summed E-state index contributed by atoms with van der Waals surface area (Å²) in [4.78, 5) is 11.2. The molecule has 0 bridgehead atoms. The summed E-state index contributed by atoms with van der Waals surface area (Å²) in [6, 6.07) is 0.474. The Morgan fingerprint density at radius 3 is 2.38 bits per heavy atom. The van der Waals surface area contributed by atoms with Crippen LogP contribution in [0.5, 0.6) is 0 Å². The lowest BCUT2D eigenvalue weighted by atomic mass is 10.0. The molecule has 144 valence electrons. The molecule has 0 saturated heterocycles. The van der Waals surface area contributed by atoms with Crippen LogP contribution in [-0.4, -0.2) is 69.7 Å². The molecule has 0 fully saturated rings. The van der Waals surface area contributed by atoms with Gasteiger partial charge in [0, 0.05) is 32.1 Å². The number of hydrogen-bond acceptors (Lipinski definition) is 5. The van der Waals surface area contributed by atoms with Crippen molar-refractivity contribution in [2.45, 2.75) is 58.9 Å². The molecule has 0 spiro atoms. The maximum atomic E-state index is 14.1. The standard InChI is InChI=1S/C17H36FN3O3/c1-6-16(22)21-13-15(18)17(4,5)24-12-8-19-7-10-23-11-9-20-14(2)3/h14-15,19-20H,6-13H2,1-5H3,(H,21,22). The van der Waals surface area contributed by atoms with Crippen LogP contribution in [0.25, 0.3) is 0 Å². The molecule has 1 amide bonds. The smallest absolute Gasteiger partial charge is 0.219 e. The lowest BCUT2D eigenvalue weighted by Gasteiger charge is -2.29. The number of ether oxygens (including phenoxy) is 2. The van der Waals surface area contributed by atoms with E-state index in [9.17, 15) is 9.18 Å². The summed E-state index contributed by atoms with van der Waals surface area (Å²) in [5.41, 5.74) is -0.929. The molecule has 0 rings (SSSR count). The summed E-state index contributed by atoms with van der Waals surface area (Å²) in [7, 11) is 0. The van der Waals surface area contributed by atoms with Crippen molar-refractivity contribution in [1.82, 2.24) is 16.0 Å². The highest BCUT2D eigenvalue weighted by Gasteiger charge is 2.30. The quantitative estimate of drug-likeness (QED) is 0.388. The number of carbonyl (C=O) groups is 1. The molecule has 0 aliphatic rings. The Hall–Kier alpha value is -0.760. The average molecular weight is 349 g/mol. The molecule has 0 aliphatic carbocycles. The first-order valence-corrected chi connectivity index (χ1v) is 8.86. The van der Waals surface area contributed by atoms with Gasteiger partial charge in [0.1, 0.15) is 6.17 Å². The van der Waals surface area contributed by atoms with Gasteiger partial charge in [-0.1, -0.05) is 20.8 Å². The highest BCUT2D eigenvalue weighted by Crippen LogP contribution is 2.17. The second kappa shape index (κ2) is 13.5. The van der Waals surface area contributed by atoms with Crippen molar-refractivity contribution in [3.63, 3.8) is 0 Å². The molecule has 1 atom stereocenters. The van der Waals surface area contributed by atoms with Gasteiger partial charge in [0.2, 0.25) is 5.91 Å². The summed E-state index contributed by atoms with van der Waals surface area (Å²) in [5, 5.41) is 9.02. The third-order valence-electron chi connectivity index (χ3n) is 3.53. The Morgan fingerprint density at radius 2 is 1.75 bits per heavy atom. The van der Waals surface area contributed by atoms with E-state index in [4.69, 9.17) is 9.47 Å². The first kappa shape index (κ1) is 23.2. The summed E-state index contributed by atoms with van der Waals surface area (Å²) in [5.74, 6) is -0.154. The van der Waals surface area contributed by atoms with E-state index in [-0.39, 0.29) is 12.5 Å². The van der Waals surface area contributed by atoms with Gasteiger partial charge in [-0.3, -0.25) is 4.79 Å². The Labute approximate surface area is 146 Å². The first-order valence-electron chi connectivity index (χ1n) is 8.86. The molecular formula is C17H36FN3O3. The molecular weight excluding hydrogens is 313 g/mol. The van der Waals surface area contributed by atoms with Crippen LogP contribution in [0.2, 0.25) is 0 Å². The van der Waals surface area contributed by atoms with Crippen LogP contribution in [0.15, 0.2) is 0 Å². The number of nitrogens with one attached hydrogen (secondary N) is 3. The minimum absolute atomic E-state index is 0.0225. The summed E-state index contributed by atoms with van der Waals surface area (Å²) in [6.07, 6.45) is -0.891. The van der Waals surface area contributed by atoms with Crippen LogP contribution in [0, 0.1) is 0 Å². The van der Waals surface area contributed by atoms with Crippen molar-refractivity contribution in [2.24, 2.45) is 0 Å². The number of alkyl halides is 1. The van der Waals surface area contributed by atoms with Gasteiger partial charge >= 0.3 is 0 Å². The zero-order chi connectivity index (χ0) is 18.4. The van der Waals surface area contributed by atoms with E-state index in [0.717, 1.165) is 13.1 Å². The Morgan fingerprint density at radius 1 is 1.12 bits per heavy atom. The normalized spacial score (nSPS) is 13.3. The lowest BCUT2D eigenvalue weighted by molar-refractivity contribution is -0.122. The lowest BCUT2D eigenvalue weighted by Crippen LogP contribution is -2.45. The Bertz CT molecular complexity index is 328. The van der Waals surface area contributed by atoms with Crippen LogP contribution in [0.4, 0.5) is 4.39 Å². The third kappa shape index (κ3) is 12.6. The summed E-state index contributed by atoms with van der Waals surface area (Å²) in [6.45, 7) is 13.3. The SMILES string of the molecule is CCC(=O)NCC(F)C(C)(C)OCCNCCOCCNC(C)C. The number of carbonyl (C=O) groups excluding carboxylic acids is 1. The van der Waals surface area contributed by atoms with Gasteiger partial charge in [0.05, 0.1) is 32.0 Å². The van der Waals surface area contributed by atoms with Crippen LogP contribution >= 0.6 is 0 Å². The van der Waals surface area contributed by atoms with E-state index in [2.05, 4.69) is 29.8 Å². The number of hydrogen-bond donors (Lipinski definition) is 3. The second-order valence-corrected chi connectivity index (χ2v) is 6.55. The molecule has 0 aliphatic heterocycles. The van der Waals surface area contributed by atoms with Crippen molar-refractivity contribution in [2.75, 3.05) is 46.0 Å². The summed E-state index contributed by atoms with van der Waals surface area (Å²) < 4.78 is 25.2. The van der Waals surface area contributed by atoms with Crippen molar-refractivity contribution < 1.29 is 18.7 Å². The van der Waals surface area contributed by atoms with Crippen molar-refractivity contribution in [3.8, 4) is 0 Å². The topological polar surface area (TPSA) is 71.6 Å². The first-order chi connectivity index (χ1) is 11.3. The molecule has 0 aromatic carbocycles. The van der Waals surface area contributed by atoms with E-state index >= 15 is 0 Å². The van der Waals surface area contributed by atoms with E-state index in [1.165, 1.54) is 0 Å². The van der Waals surface area contributed by atoms with Crippen molar-refractivity contribution in [1.29, 1.82) is 0 Å². The van der Waals surface area contributed by atoms with Crippen LogP contribution in [-0.2, 0) is 14.3 Å². The van der Waals surface area contributed by atoms with Crippen LogP contribution in [0.1, 0.15) is 41.0 Å². The molecule has 24 heavy (non-hydrogen) atoms. The van der Waals surface area contributed by atoms with Gasteiger partial charge in [-0.2, -0.15) is 0 Å². The molecule has 7 heteroatoms. The van der Waals surface area contributed by atoms with Gasteiger partial charge in [0.15, 0.2) is 0 Å². The Balaban J connectivity index is 3.58. The summed E-state index contributed by atoms with van der Waals surface area (Å²) >= 11 is 0.